The van der Waals surface area contributed by atoms with Gasteiger partial charge in [-0.25, -0.2) is 4.68 Å². The van der Waals surface area contributed by atoms with Crippen LogP contribution in [-0.4, -0.2) is 32.5 Å². The van der Waals surface area contributed by atoms with Gasteiger partial charge in [-0.05, 0) is 40.3 Å². The number of aryl methyl sites for hydroxylation is 1. The lowest BCUT2D eigenvalue weighted by Gasteiger charge is -2.11. The first kappa shape index (κ1) is 19.9. The Morgan fingerprint density at radius 3 is 2.67 bits per heavy atom. The predicted molar refractivity (Wildman–Crippen MR) is 108 cm³/mol. The maximum Gasteiger partial charge on any atom is 0.209 e. The Kier molecular flexibility index (Phi) is 7.34. The molecule has 27 heavy (non-hydrogen) atoms. The molecule has 9 heteroatoms. The highest BCUT2D eigenvalue weighted by Crippen LogP contribution is 2.26. The van der Waals surface area contributed by atoms with Crippen molar-refractivity contribution in [2.24, 2.45) is 7.05 Å². The predicted octanol–water partition coefficient (Wildman–Crippen LogP) is 3.98. The molecule has 0 radical (unpaired) electrons. The summed E-state index contributed by atoms with van der Waals surface area (Å²) in [5.41, 5.74) is 1.93. The number of thioether (sulfide) groups is 1. The molecular weight excluding hydrogens is 405 g/mol. The van der Waals surface area contributed by atoms with Gasteiger partial charge in [0.25, 0.3) is 0 Å². The van der Waals surface area contributed by atoms with E-state index in [2.05, 4.69) is 26.9 Å². The lowest BCUT2D eigenvalue weighted by atomic mass is 10.2. The summed E-state index contributed by atoms with van der Waals surface area (Å²) in [7, 11) is 1.83. The minimum absolute atomic E-state index is 0.331. The van der Waals surface area contributed by atoms with Crippen LogP contribution in [0.3, 0.4) is 0 Å². The Hall–Kier alpha value is -1.80. The summed E-state index contributed by atoms with van der Waals surface area (Å²) >= 11 is 14.0. The van der Waals surface area contributed by atoms with Crippen LogP contribution in [0, 0.1) is 0 Å². The average molecular weight is 424 g/mol. The van der Waals surface area contributed by atoms with E-state index in [9.17, 15) is 0 Å². The molecule has 0 atom stereocenters. The molecule has 0 aliphatic carbocycles. The SMILES string of the molecule is Cn1nnnc1SCCNCc1cccc(OCc2c(Cl)cccc2Cl)c1. The molecule has 1 aromatic heterocycles. The zero-order valence-corrected chi connectivity index (χ0v) is 17.1. The summed E-state index contributed by atoms with van der Waals surface area (Å²) in [4.78, 5) is 0. The topological polar surface area (TPSA) is 64.9 Å². The largest absolute Gasteiger partial charge is 0.489 e. The number of hydrogen-bond acceptors (Lipinski definition) is 6. The molecule has 0 saturated carbocycles. The first-order chi connectivity index (χ1) is 13.1. The van der Waals surface area contributed by atoms with Crippen molar-refractivity contribution in [1.29, 1.82) is 0 Å². The van der Waals surface area contributed by atoms with Gasteiger partial charge in [-0.2, -0.15) is 0 Å². The van der Waals surface area contributed by atoms with Crippen LogP contribution >= 0.6 is 35.0 Å². The summed E-state index contributed by atoms with van der Waals surface area (Å²) in [5.74, 6) is 1.67. The zero-order valence-electron chi connectivity index (χ0n) is 14.7. The smallest absolute Gasteiger partial charge is 0.209 e. The number of nitrogens with one attached hydrogen (secondary N) is 1. The van der Waals surface area contributed by atoms with Crippen LogP contribution in [0.5, 0.6) is 5.75 Å². The van der Waals surface area contributed by atoms with E-state index in [0.717, 1.165) is 40.9 Å². The molecule has 1 N–H and O–H groups in total. The molecule has 0 saturated heterocycles. The molecule has 0 bridgehead atoms. The molecule has 0 spiro atoms. The van der Waals surface area contributed by atoms with E-state index in [4.69, 9.17) is 27.9 Å². The minimum atomic E-state index is 0.331. The summed E-state index contributed by atoms with van der Waals surface area (Å²) < 4.78 is 7.52. The van der Waals surface area contributed by atoms with Gasteiger partial charge in [-0.3, -0.25) is 0 Å². The Labute approximate surface area is 172 Å². The number of benzene rings is 2. The van der Waals surface area contributed by atoms with Crippen LogP contribution in [-0.2, 0) is 20.2 Å². The summed E-state index contributed by atoms with van der Waals surface area (Å²) in [6.07, 6.45) is 0. The highest BCUT2D eigenvalue weighted by Gasteiger charge is 2.07. The summed E-state index contributed by atoms with van der Waals surface area (Å²) in [6, 6.07) is 13.4. The second kappa shape index (κ2) is 9.94. The number of rotatable bonds is 9. The monoisotopic (exact) mass is 423 g/mol. The van der Waals surface area contributed by atoms with E-state index < -0.39 is 0 Å². The Morgan fingerprint density at radius 1 is 1.15 bits per heavy atom. The normalized spacial score (nSPS) is 10.9. The van der Waals surface area contributed by atoms with Gasteiger partial charge in [0.2, 0.25) is 5.16 Å². The molecule has 3 rings (SSSR count). The van der Waals surface area contributed by atoms with Crippen LogP contribution in [0.15, 0.2) is 47.6 Å². The molecule has 0 aliphatic heterocycles. The zero-order chi connectivity index (χ0) is 19.1. The van der Waals surface area contributed by atoms with E-state index in [0.29, 0.717) is 16.7 Å². The van der Waals surface area contributed by atoms with Crippen molar-refractivity contribution in [2.45, 2.75) is 18.3 Å². The first-order valence-corrected chi connectivity index (χ1v) is 10.1. The van der Waals surface area contributed by atoms with Crippen LogP contribution in [0.2, 0.25) is 10.0 Å². The fourth-order valence-electron chi connectivity index (χ4n) is 2.36. The van der Waals surface area contributed by atoms with Crippen molar-refractivity contribution < 1.29 is 4.74 Å². The number of halogens is 2. The highest BCUT2D eigenvalue weighted by molar-refractivity contribution is 7.99. The van der Waals surface area contributed by atoms with Crippen molar-refractivity contribution in [2.75, 3.05) is 12.3 Å². The lowest BCUT2D eigenvalue weighted by molar-refractivity contribution is 0.306. The maximum absolute atomic E-state index is 6.18. The fourth-order valence-corrected chi connectivity index (χ4v) is 3.61. The molecule has 6 nitrogen and oxygen atoms in total. The molecular formula is C18H19Cl2N5OS. The van der Waals surface area contributed by atoms with E-state index in [1.165, 1.54) is 0 Å². The molecule has 1 heterocycles. The molecule has 0 aliphatic rings. The number of nitrogens with zero attached hydrogens (tertiary/aromatic N) is 4. The van der Waals surface area contributed by atoms with Gasteiger partial charge in [0.05, 0.1) is 0 Å². The van der Waals surface area contributed by atoms with Gasteiger partial charge in [0.15, 0.2) is 0 Å². The van der Waals surface area contributed by atoms with Gasteiger partial charge < -0.3 is 10.1 Å². The summed E-state index contributed by atoms with van der Waals surface area (Å²) in [6.45, 7) is 1.93. The second-order valence-electron chi connectivity index (χ2n) is 5.75. The molecule has 2 aromatic carbocycles. The van der Waals surface area contributed by atoms with Crippen LogP contribution in [0.1, 0.15) is 11.1 Å². The minimum Gasteiger partial charge on any atom is -0.489 e. The van der Waals surface area contributed by atoms with Gasteiger partial charge >= 0.3 is 0 Å². The van der Waals surface area contributed by atoms with E-state index >= 15 is 0 Å². The van der Waals surface area contributed by atoms with Gasteiger partial charge in [-0.15, -0.1) is 5.10 Å². The third kappa shape index (κ3) is 5.84. The molecule has 0 unspecified atom stereocenters. The van der Waals surface area contributed by atoms with E-state index in [1.807, 2.05) is 43.4 Å². The first-order valence-electron chi connectivity index (χ1n) is 8.34. The van der Waals surface area contributed by atoms with E-state index in [1.54, 1.807) is 16.4 Å². The molecule has 142 valence electrons. The van der Waals surface area contributed by atoms with Crippen LogP contribution in [0.4, 0.5) is 0 Å². The van der Waals surface area contributed by atoms with Crippen molar-refractivity contribution in [3.63, 3.8) is 0 Å². The van der Waals surface area contributed by atoms with Crippen LogP contribution < -0.4 is 10.1 Å². The lowest BCUT2D eigenvalue weighted by Crippen LogP contribution is -2.16. The molecule has 3 aromatic rings. The Balaban J connectivity index is 1.45. The number of hydrogen-bond donors (Lipinski definition) is 1. The van der Waals surface area contributed by atoms with Crippen molar-refractivity contribution in [3.8, 4) is 5.75 Å². The van der Waals surface area contributed by atoms with E-state index in [-0.39, 0.29) is 0 Å². The third-order valence-corrected chi connectivity index (χ3v) is 5.48. The average Bonchev–Trinajstić information content (AvgIpc) is 3.06. The standard InChI is InChI=1S/C18H19Cl2N5OS/c1-25-18(22-23-24-25)27-9-8-21-11-13-4-2-5-14(10-13)26-12-15-16(19)6-3-7-17(15)20/h2-7,10,21H,8-9,11-12H2,1H3. The third-order valence-electron chi connectivity index (χ3n) is 3.76. The number of tetrazole rings is 1. The molecule has 0 fully saturated rings. The van der Waals surface area contributed by atoms with Gasteiger partial charge in [0.1, 0.15) is 12.4 Å². The molecule has 0 amide bonds. The fraction of sp³-hybridized carbons (Fsp3) is 0.278. The number of ether oxygens (including phenoxy) is 1. The highest BCUT2D eigenvalue weighted by atomic mass is 35.5. The Morgan fingerprint density at radius 2 is 1.93 bits per heavy atom. The number of aromatic nitrogens is 4. The maximum atomic E-state index is 6.18. The van der Waals surface area contributed by atoms with Crippen molar-refractivity contribution >= 4 is 35.0 Å². The Bertz CT molecular complexity index is 869. The quantitative estimate of drug-likeness (QED) is 0.414. The van der Waals surface area contributed by atoms with Crippen LogP contribution in [0.25, 0.3) is 0 Å². The second-order valence-corrected chi connectivity index (χ2v) is 7.62. The van der Waals surface area contributed by atoms with Crippen molar-refractivity contribution in [3.05, 3.63) is 63.6 Å². The van der Waals surface area contributed by atoms with Gasteiger partial charge in [-0.1, -0.05) is 53.2 Å². The van der Waals surface area contributed by atoms with Gasteiger partial charge in [0, 0.05) is 41.5 Å². The van der Waals surface area contributed by atoms with Crippen molar-refractivity contribution in [1.82, 2.24) is 25.5 Å². The summed E-state index contributed by atoms with van der Waals surface area (Å²) in [5, 5.41) is 16.8.